The van der Waals surface area contributed by atoms with Crippen molar-refractivity contribution < 1.29 is 18.7 Å². The number of carbonyl (C=O) groups excluding carboxylic acids is 1. The summed E-state index contributed by atoms with van der Waals surface area (Å²) in [5.41, 5.74) is 3.80. The molecule has 0 saturated heterocycles. The van der Waals surface area contributed by atoms with Gasteiger partial charge < -0.3 is 24.6 Å². The molecular weight excluding hydrogens is 397 g/mol. The number of anilines is 2. The molecule has 0 radical (unpaired) electrons. The molecule has 2 aromatic carbocycles. The summed E-state index contributed by atoms with van der Waals surface area (Å²) < 4.78 is 24.6. The standard InChI is InChI=1S/C24H32FN3O3/c1-3-30-12-13-31-18-20-7-4-6-19(14-20)16-26-24(29)17-28-11-5-10-27(2)23-15-21(25)8-9-22(23)28/h4,6-9,14-15H,3,5,10-13,16-18H2,1-2H3,(H,26,29). The van der Waals surface area contributed by atoms with Crippen LogP contribution in [0.15, 0.2) is 42.5 Å². The molecule has 168 valence electrons. The lowest BCUT2D eigenvalue weighted by Gasteiger charge is -2.25. The molecule has 1 N–H and O–H groups in total. The number of carbonyl (C=O) groups is 1. The van der Waals surface area contributed by atoms with Crippen molar-refractivity contribution in [3.8, 4) is 0 Å². The molecule has 7 heteroatoms. The van der Waals surface area contributed by atoms with Crippen LogP contribution in [0.1, 0.15) is 24.5 Å². The third kappa shape index (κ3) is 6.94. The molecule has 1 aliphatic rings. The van der Waals surface area contributed by atoms with Crippen LogP contribution in [-0.2, 0) is 27.4 Å². The van der Waals surface area contributed by atoms with Crippen molar-refractivity contribution in [2.45, 2.75) is 26.5 Å². The number of hydrogen-bond donors (Lipinski definition) is 1. The molecule has 1 heterocycles. The van der Waals surface area contributed by atoms with Crippen molar-refractivity contribution >= 4 is 17.3 Å². The topological polar surface area (TPSA) is 54.0 Å². The van der Waals surface area contributed by atoms with E-state index in [1.54, 1.807) is 6.07 Å². The van der Waals surface area contributed by atoms with Crippen LogP contribution in [0.2, 0.25) is 0 Å². The van der Waals surface area contributed by atoms with Crippen molar-refractivity contribution in [3.05, 3.63) is 59.4 Å². The van der Waals surface area contributed by atoms with Crippen LogP contribution in [0.25, 0.3) is 0 Å². The molecule has 0 aromatic heterocycles. The minimum Gasteiger partial charge on any atom is -0.379 e. The summed E-state index contributed by atoms with van der Waals surface area (Å²) >= 11 is 0. The smallest absolute Gasteiger partial charge is 0.239 e. The summed E-state index contributed by atoms with van der Waals surface area (Å²) in [7, 11) is 1.95. The lowest BCUT2D eigenvalue weighted by Crippen LogP contribution is -2.37. The number of ether oxygens (including phenoxy) is 2. The van der Waals surface area contributed by atoms with Gasteiger partial charge in [0.2, 0.25) is 5.91 Å². The van der Waals surface area contributed by atoms with Gasteiger partial charge in [0.25, 0.3) is 0 Å². The third-order valence-corrected chi connectivity index (χ3v) is 5.27. The average molecular weight is 430 g/mol. The van der Waals surface area contributed by atoms with Gasteiger partial charge in [0.1, 0.15) is 5.82 Å². The molecular formula is C24H32FN3O3. The van der Waals surface area contributed by atoms with E-state index in [0.29, 0.717) is 33.0 Å². The number of nitrogens with zero attached hydrogens (tertiary/aromatic N) is 2. The van der Waals surface area contributed by atoms with E-state index in [1.165, 1.54) is 12.1 Å². The summed E-state index contributed by atoms with van der Waals surface area (Å²) in [5.74, 6) is -0.322. The molecule has 0 saturated carbocycles. The number of amides is 1. The number of nitrogens with one attached hydrogen (secondary N) is 1. The second kappa shape index (κ2) is 11.7. The highest BCUT2D eigenvalue weighted by Gasteiger charge is 2.20. The van der Waals surface area contributed by atoms with Crippen LogP contribution in [0.3, 0.4) is 0 Å². The Balaban J connectivity index is 1.52. The van der Waals surface area contributed by atoms with E-state index in [9.17, 15) is 9.18 Å². The highest BCUT2D eigenvalue weighted by atomic mass is 19.1. The Morgan fingerprint density at radius 2 is 1.87 bits per heavy atom. The fraction of sp³-hybridized carbons (Fsp3) is 0.458. The fourth-order valence-electron chi connectivity index (χ4n) is 3.69. The van der Waals surface area contributed by atoms with Crippen LogP contribution in [-0.4, -0.2) is 52.4 Å². The van der Waals surface area contributed by atoms with Crippen LogP contribution in [0, 0.1) is 5.82 Å². The van der Waals surface area contributed by atoms with Gasteiger partial charge in [-0.2, -0.15) is 0 Å². The third-order valence-electron chi connectivity index (χ3n) is 5.27. The molecule has 0 bridgehead atoms. The lowest BCUT2D eigenvalue weighted by atomic mass is 10.1. The number of hydrogen-bond acceptors (Lipinski definition) is 5. The number of halogens is 1. The Kier molecular flexibility index (Phi) is 8.67. The predicted octanol–water partition coefficient (Wildman–Crippen LogP) is 3.34. The van der Waals surface area contributed by atoms with Gasteiger partial charge in [-0.3, -0.25) is 4.79 Å². The van der Waals surface area contributed by atoms with Crippen LogP contribution < -0.4 is 15.1 Å². The summed E-state index contributed by atoms with van der Waals surface area (Å²) in [6.45, 7) is 6.60. The molecule has 3 rings (SSSR count). The van der Waals surface area contributed by atoms with E-state index in [1.807, 2.05) is 48.0 Å². The molecule has 0 fully saturated rings. The first kappa shape index (κ1) is 23.0. The van der Waals surface area contributed by atoms with Gasteiger partial charge in [0.15, 0.2) is 0 Å². The molecule has 0 aliphatic carbocycles. The van der Waals surface area contributed by atoms with Crippen LogP contribution in [0.5, 0.6) is 0 Å². The quantitative estimate of drug-likeness (QED) is 0.587. The second-order valence-electron chi connectivity index (χ2n) is 7.68. The Hall–Kier alpha value is -2.64. The summed E-state index contributed by atoms with van der Waals surface area (Å²) in [6.07, 6.45) is 0.908. The normalized spacial score (nSPS) is 13.6. The summed E-state index contributed by atoms with van der Waals surface area (Å²) in [6, 6.07) is 12.8. The van der Waals surface area contributed by atoms with E-state index < -0.39 is 0 Å². The largest absolute Gasteiger partial charge is 0.379 e. The minimum atomic E-state index is -0.265. The zero-order chi connectivity index (χ0) is 22.1. The summed E-state index contributed by atoms with van der Waals surface area (Å²) in [5, 5.41) is 3.00. The predicted molar refractivity (Wildman–Crippen MR) is 121 cm³/mol. The Morgan fingerprint density at radius 1 is 1.06 bits per heavy atom. The lowest BCUT2D eigenvalue weighted by molar-refractivity contribution is -0.119. The molecule has 6 nitrogen and oxygen atoms in total. The Labute approximate surface area is 183 Å². The van der Waals surface area contributed by atoms with Gasteiger partial charge in [0, 0.05) is 33.3 Å². The fourth-order valence-corrected chi connectivity index (χ4v) is 3.69. The van der Waals surface area contributed by atoms with E-state index in [2.05, 4.69) is 5.32 Å². The van der Waals surface area contributed by atoms with Crippen molar-refractivity contribution in [1.29, 1.82) is 0 Å². The first-order valence-electron chi connectivity index (χ1n) is 10.8. The maximum Gasteiger partial charge on any atom is 0.239 e. The van der Waals surface area contributed by atoms with E-state index in [0.717, 1.165) is 42.0 Å². The molecule has 1 aliphatic heterocycles. The first-order chi connectivity index (χ1) is 15.1. The first-order valence-corrected chi connectivity index (χ1v) is 10.8. The summed E-state index contributed by atoms with van der Waals surface area (Å²) in [4.78, 5) is 16.7. The SMILES string of the molecule is CCOCCOCc1cccc(CNC(=O)CN2CCCN(C)c3cc(F)ccc32)c1. The van der Waals surface area contributed by atoms with E-state index in [-0.39, 0.29) is 18.3 Å². The molecule has 1 amide bonds. The molecule has 31 heavy (non-hydrogen) atoms. The minimum absolute atomic E-state index is 0.0572. The zero-order valence-electron chi connectivity index (χ0n) is 18.4. The van der Waals surface area contributed by atoms with Gasteiger partial charge in [-0.25, -0.2) is 4.39 Å². The van der Waals surface area contributed by atoms with Crippen molar-refractivity contribution in [3.63, 3.8) is 0 Å². The zero-order valence-corrected chi connectivity index (χ0v) is 18.4. The highest BCUT2D eigenvalue weighted by Crippen LogP contribution is 2.32. The van der Waals surface area contributed by atoms with E-state index in [4.69, 9.17) is 9.47 Å². The van der Waals surface area contributed by atoms with Gasteiger partial charge in [-0.15, -0.1) is 0 Å². The van der Waals surface area contributed by atoms with Gasteiger partial charge >= 0.3 is 0 Å². The van der Waals surface area contributed by atoms with Gasteiger partial charge in [-0.05, 0) is 42.7 Å². The molecule has 0 atom stereocenters. The number of rotatable bonds is 10. The average Bonchev–Trinajstić information content (AvgIpc) is 2.91. The maximum absolute atomic E-state index is 13.7. The van der Waals surface area contributed by atoms with Gasteiger partial charge in [-0.1, -0.05) is 24.3 Å². The maximum atomic E-state index is 13.7. The van der Waals surface area contributed by atoms with Crippen LogP contribution in [0.4, 0.5) is 15.8 Å². The molecule has 0 unspecified atom stereocenters. The highest BCUT2D eigenvalue weighted by molar-refractivity contribution is 5.84. The molecule has 0 spiro atoms. The van der Waals surface area contributed by atoms with Crippen molar-refractivity contribution in [2.24, 2.45) is 0 Å². The molecule has 2 aromatic rings. The monoisotopic (exact) mass is 429 g/mol. The van der Waals surface area contributed by atoms with Crippen LogP contribution >= 0.6 is 0 Å². The Morgan fingerprint density at radius 3 is 2.71 bits per heavy atom. The van der Waals surface area contributed by atoms with Crippen molar-refractivity contribution in [1.82, 2.24) is 5.32 Å². The van der Waals surface area contributed by atoms with Crippen molar-refractivity contribution in [2.75, 3.05) is 56.3 Å². The van der Waals surface area contributed by atoms with Gasteiger partial charge in [0.05, 0.1) is 37.7 Å². The second-order valence-corrected chi connectivity index (χ2v) is 7.68. The number of benzene rings is 2. The van der Waals surface area contributed by atoms with E-state index >= 15 is 0 Å². The number of fused-ring (bicyclic) bond motifs is 1. The Bertz CT molecular complexity index is 862.